The predicted octanol–water partition coefficient (Wildman–Crippen LogP) is 3.24. The summed E-state index contributed by atoms with van der Waals surface area (Å²) in [7, 11) is 5.81. The average molecular weight is 378 g/mol. The standard InChI is InChI=1S/C21H26N6O/c1-16(18-8-10-19(11-9-18)27-15-22-14-24-27)26(4)21(28)23-13-17-6-5-7-20(12-17)25(2)3/h5-12,14-16H,13H2,1-4H3,(H,23,28). The summed E-state index contributed by atoms with van der Waals surface area (Å²) in [5.74, 6) is 0. The summed E-state index contributed by atoms with van der Waals surface area (Å²) >= 11 is 0. The molecule has 7 heteroatoms. The summed E-state index contributed by atoms with van der Waals surface area (Å²) in [4.78, 5) is 20.3. The first-order valence-corrected chi connectivity index (χ1v) is 9.17. The van der Waals surface area contributed by atoms with Gasteiger partial charge in [0.15, 0.2) is 0 Å². The van der Waals surface area contributed by atoms with Crippen LogP contribution in [0.1, 0.15) is 24.1 Å². The molecule has 3 aromatic rings. The lowest BCUT2D eigenvalue weighted by atomic mass is 10.1. The highest BCUT2D eigenvalue weighted by Gasteiger charge is 2.17. The second-order valence-electron chi connectivity index (χ2n) is 6.94. The van der Waals surface area contributed by atoms with E-state index >= 15 is 0 Å². The fourth-order valence-electron chi connectivity index (χ4n) is 2.89. The van der Waals surface area contributed by atoms with Crippen LogP contribution < -0.4 is 10.2 Å². The Labute approximate surface area is 165 Å². The van der Waals surface area contributed by atoms with E-state index in [1.165, 1.54) is 6.33 Å². The van der Waals surface area contributed by atoms with Crippen molar-refractivity contribution in [3.8, 4) is 5.69 Å². The lowest BCUT2D eigenvalue weighted by molar-refractivity contribution is 0.194. The molecule has 1 atom stereocenters. The Balaban J connectivity index is 1.60. The predicted molar refractivity (Wildman–Crippen MR) is 111 cm³/mol. The van der Waals surface area contributed by atoms with Gasteiger partial charge >= 0.3 is 6.03 Å². The van der Waals surface area contributed by atoms with Gasteiger partial charge in [-0.2, -0.15) is 5.10 Å². The van der Waals surface area contributed by atoms with Gasteiger partial charge in [-0.25, -0.2) is 14.5 Å². The number of rotatable bonds is 6. The number of hydrogen-bond acceptors (Lipinski definition) is 4. The summed E-state index contributed by atoms with van der Waals surface area (Å²) in [6.45, 7) is 2.50. The van der Waals surface area contributed by atoms with E-state index in [0.29, 0.717) is 6.54 Å². The number of carbonyl (C=O) groups is 1. The molecule has 7 nitrogen and oxygen atoms in total. The third-order valence-electron chi connectivity index (χ3n) is 4.83. The number of amides is 2. The van der Waals surface area contributed by atoms with E-state index in [-0.39, 0.29) is 12.1 Å². The minimum absolute atomic E-state index is 0.0575. The van der Waals surface area contributed by atoms with Crippen LogP contribution in [0.2, 0.25) is 0 Å². The van der Waals surface area contributed by atoms with E-state index in [1.54, 1.807) is 15.9 Å². The highest BCUT2D eigenvalue weighted by molar-refractivity contribution is 5.74. The Kier molecular flexibility index (Phi) is 5.93. The molecule has 1 unspecified atom stereocenters. The number of hydrogen-bond donors (Lipinski definition) is 1. The maximum atomic E-state index is 12.6. The molecule has 0 aliphatic rings. The van der Waals surface area contributed by atoms with E-state index in [4.69, 9.17) is 0 Å². The highest BCUT2D eigenvalue weighted by atomic mass is 16.2. The zero-order chi connectivity index (χ0) is 20.1. The molecule has 0 saturated carbocycles. The van der Waals surface area contributed by atoms with Crippen molar-refractivity contribution in [3.05, 3.63) is 72.3 Å². The highest BCUT2D eigenvalue weighted by Crippen LogP contribution is 2.20. The van der Waals surface area contributed by atoms with Crippen molar-refractivity contribution in [1.82, 2.24) is 25.0 Å². The van der Waals surface area contributed by atoms with Crippen LogP contribution in [-0.2, 0) is 6.54 Å². The van der Waals surface area contributed by atoms with E-state index in [2.05, 4.69) is 21.5 Å². The van der Waals surface area contributed by atoms with Gasteiger partial charge in [-0.15, -0.1) is 0 Å². The summed E-state index contributed by atoms with van der Waals surface area (Å²) in [6, 6.07) is 15.9. The minimum Gasteiger partial charge on any atom is -0.378 e. The van der Waals surface area contributed by atoms with Gasteiger partial charge in [0.25, 0.3) is 0 Å². The van der Waals surface area contributed by atoms with E-state index in [9.17, 15) is 4.79 Å². The molecular weight excluding hydrogens is 352 g/mol. The van der Waals surface area contributed by atoms with Crippen LogP contribution in [0.25, 0.3) is 5.69 Å². The van der Waals surface area contributed by atoms with Gasteiger partial charge in [0.1, 0.15) is 12.7 Å². The molecule has 0 saturated heterocycles. The van der Waals surface area contributed by atoms with Crippen LogP contribution >= 0.6 is 0 Å². The van der Waals surface area contributed by atoms with Gasteiger partial charge in [0.2, 0.25) is 0 Å². The van der Waals surface area contributed by atoms with Gasteiger partial charge in [-0.05, 0) is 42.3 Å². The maximum Gasteiger partial charge on any atom is 0.317 e. The minimum atomic E-state index is -0.108. The molecule has 0 aliphatic heterocycles. The molecule has 2 aromatic carbocycles. The number of nitrogens with one attached hydrogen (secondary N) is 1. The van der Waals surface area contributed by atoms with E-state index in [1.807, 2.05) is 75.4 Å². The number of urea groups is 1. The van der Waals surface area contributed by atoms with Gasteiger partial charge in [-0.3, -0.25) is 0 Å². The van der Waals surface area contributed by atoms with Crippen LogP contribution in [0.4, 0.5) is 10.5 Å². The SMILES string of the molecule is CC(c1ccc(-n2cncn2)cc1)N(C)C(=O)NCc1cccc(N(C)C)c1. The zero-order valence-electron chi connectivity index (χ0n) is 16.7. The van der Waals surface area contributed by atoms with Crippen molar-refractivity contribution >= 4 is 11.7 Å². The fourth-order valence-corrected chi connectivity index (χ4v) is 2.89. The van der Waals surface area contributed by atoms with Gasteiger partial charge in [-0.1, -0.05) is 24.3 Å². The van der Waals surface area contributed by atoms with Crippen molar-refractivity contribution < 1.29 is 4.79 Å². The molecule has 1 heterocycles. The largest absolute Gasteiger partial charge is 0.378 e. The summed E-state index contributed by atoms with van der Waals surface area (Å²) in [5.41, 5.74) is 4.16. The van der Waals surface area contributed by atoms with Gasteiger partial charge < -0.3 is 15.1 Å². The van der Waals surface area contributed by atoms with Crippen molar-refractivity contribution in [2.75, 3.05) is 26.0 Å². The Bertz CT molecular complexity index is 905. The summed E-state index contributed by atoms with van der Waals surface area (Å²) in [5, 5.41) is 7.12. The molecule has 0 spiro atoms. The Morgan fingerprint density at radius 1 is 1.14 bits per heavy atom. The summed E-state index contributed by atoms with van der Waals surface area (Å²) in [6.07, 6.45) is 3.16. The first-order chi connectivity index (χ1) is 13.5. The normalized spacial score (nSPS) is 11.7. The Hall–Kier alpha value is -3.35. The van der Waals surface area contributed by atoms with Crippen molar-refractivity contribution in [2.24, 2.45) is 0 Å². The van der Waals surface area contributed by atoms with E-state index in [0.717, 1.165) is 22.5 Å². The Morgan fingerprint density at radius 2 is 1.89 bits per heavy atom. The molecule has 0 radical (unpaired) electrons. The second-order valence-corrected chi connectivity index (χ2v) is 6.94. The molecule has 2 amide bonds. The molecule has 146 valence electrons. The fraction of sp³-hybridized carbons (Fsp3) is 0.286. The molecule has 3 rings (SSSR count). The van der Waals surface area contributed by atoms with Crippen LogP contribution in [0, 0.1) is 0 Å². The third-order valence-corrected chi connectivity index (χ3v) is 4.83. The quantitative estimate of drug-likeness (QED) is 0.715. The van der Waals surface area contributed by atoms with Crippen molar-refractivity contribution in [1.29, 1.82) is 0 Å². The third kappa shape index (κ3) is 4.49. The number of carbonyl (C=O) groups excluding carboxylic acids is 1. The van der Waals surface area contributed by atoms with Crippen molar-refractivity contribution in [3.63, 3.8) is 0 Å². The van der Waals surface area contributed by atoms with Crippen LogP contribution in [0.5, 0.6) is 0 Å². The monoisotopic (exact) mass is 378 g/mol. The zero-order valence-corrected chi connectivity index (χ0v) is 16.7. The first kappa shape index (κ1) is 19.4. The molecule has 1 N–H and O–H groups in total. The number of benzene rings is 2. The lowest BCUT2D eigenvalue weighted by Gasteiger charge is -2.26. The van der Waals surface area contributed by atoms with E-state index < -0.39 is 0 Å². The van der Waals surface area contributed by atoms with Gasteiger partial charge in [0, 0.05) is 33.4 Å². The molecule has 0 aliphatic carbocycles. The lowest BCUT2D eigenvalue weighted by Crippen LogP contribution is -2.38. The second kappa shape index (κ2) is 8.56. The topological polar surface area (TPSA) is 66.3 Å². The summed E-state index contributed by atoms with van der Waals surface area (Å²) < 4.78 is 1.70. The number of nitrogens with zero attached hydrogens (tertiary/aromatic N) is 5. The van der Waals surface area contributed by atoms with Crippen LogP contribution in [-0.4, -0.2) is 46.8 Å². The average Bonchev–Trinajstić information content (AvgIpc) is 3.26. The molecule has 0 bridgehead atoms. The van der Waals surface area contributed by atoms with Crippen molar-refractivity contribution in [2.45, 2.75) is 19.5 Å². The van der Waals surface area contributed by atoms with Crippen LogP contribution in [0.3, 0.4) is 0 Å². The maximum absolute atomic E-state index is 12.6. The molecule has 1 aromatic heterocycles. The van der Waals surface area contributed by atoms with Gasteiger partial charge in [0.05, 0.1) is 11.7 Å². The molecule has 0 fully saturated rings. The number of aromatic nitrogens is 3. The first-order valence-electron chi connectivity index (χ1n) is 9.17. The number of anilines is 1. The van der Waals surface area contributed by atoms with Crippen LogP contribution in [0.15, 0.2) is 61.2 Å². The Morgan fingerprint density at radius 3 is 2.54 bits per heavy atom. The smallest absolute Gasteiger partial charge is 0.317 e. The molecular formula is C21H26N6O. The molecule has 28 heavy (non-hydrogen) atoms.